The van der Waals surface area contributed by atoms with Crippen LogP contribution >= 0.6 is 0 Å². The Morgan fingerprint density at radius 2 is 1.60 bits per heavy atom. The lowest BCUT2D eigenvalue weighted by atomic mass is 9.85. The zero-order valence-electron chi connectivity index (χ0n) is 10.4. The molecule has 112 valence electrons. The molecule has 0 spiro atoms. The summed E-state index contributed by atoms with van der Waals surface area (Å²) in [7, 11) is 0. The molecule has 1 aliphatic rings. The fourth-order valence-electron chi connectivity index (χ4n) is 2.47. The number of nitrogens with one attached hydrogen (secondary N) is 1. The van der Waals surface area contributed by atoms with Crippen molar-refractivity contribution in [3.8, 4) is 0 Å². The zero-order valence-corrected chi connectivity index (χ0v) is 10.4. The third kappa shape index (κ3) is 3.37. The van der Waals surface area contributed by atoms with Crippen molar-refractivity contribution in [1.82, 2.24) is 0 Å². The number of halogens is 6. The van der Waals surface area contributed by atoms with E-state index in [-0.39, 0.29) is 18.5 Å². The van der Waals surface area contributed by atoms with Gasteiger partial charge in [0.2, 0.25) is 0 Å². The second kappa shape index (κ2) is 5.54. The highest BCUT2D eigenvalue weighted by Gasteiger charge is 2.42. The molecule has 2 unspecified atom stereocenters. The molecule has 1 aromatic rings. The lowest BCUT2D eigenvalue weighted by molar-refractivity contribution is -0.182. The van der Waals surface area contributed by atoms with Crippen LogP contribution in [0.15, 0.2) is 12.1 Å². The van der Waals surface area contributed by atoms with Crippen LogP contribution in [0.5, 0.6) is 0 Å². The maximum Gasteiger partial charge on any atom is 0.391 e. The summed E-state index contributed by atoms with van der Waals surface area (Å²) >= 11 is 0. The highest BCUT2D eigenvalue weighted by atomic mass is 19.4. The van der Waals surface area contributed by atoms with E-state index in [9.17, 15) is 26.3 Å². The highest BCUT2D eigenvalue weighted by molar-refractivity contribution is 5.46. The average molecular weight is 297 g/mol. The van der Waals surface area contributed by atoms with Crippen LogP contribution in [-0.4, -0.2) is 12.2 Å². The van der Waals surface area contributed by atoms with E-state index in [1.807, 2.05) is 0 Å². The van der Waals surface area contributed by atoms with Crippen LogP contribution in [0.25, 0.3) is 0 Å². The summed E-state index contributed by atoms with van der Waals surface area (Å²) in [4.78, 5) is 0. The Bertz CT molecular complexity index is 484. The normalized spacial score (nSPS) is 23.7. The molecule has 20 heavy (non-hydrogen) atoms. The summed E-state index contributed by atoms with van der Waals surface area (Å²) in [6.07, 6.45) is -3.64. The van der Waals surface area contributed by atoms with Gasteiger partial charge in [-0.1, -0.05) is 6.42 Å². The summed E-state index contributed by atoms with van der Waals surface area (Å²) in [5.41, 5.74) is -0.309. The van der Waals surface area contributed by atoms with E-state index in [0.717, 1.165) is 0 Å². The maximum atomic E-state index is 13.4. The number of anilines is 1. The number of hydrogen-bond donors (Lipinski definition) is 1. The maximum absolute atomic E-state index is 13.4. The standard InChI is InChI=1S/C13H13F6N/c14-9-5-11(16)12(6-10(9)15)20-8-3-1-2-7(4-8)13(17,18)19/h5-8,20H,1-4H2. The summed E-state index contributed by atoms with van der Waals surface area (Å²) < 4.78 is 77.1. The van der Waals surface area contributed by atoms with Gasteiger partial charge in [0.15, 0.2) is 11.6 Å². The van der Waals surface area contributed by atoms with Gasteiger partial charge in [0, 0.05) is 18.2 Å². The van der Waals surface area contributed by atoms with E-state index < -0.39 is 35.6 Å². The predicted molar refractivity (Wildman–Crippen MR) is 61.7 cm³/mol. The van der Waals surface area contributed by atoms with Gasteiger partial charge < -0.3 is 5.32 Å². The third-order valence-corrected chi connectivity index (χ3v) is 3.51. The first-order valence-corrected chi connectivity index (χ1v) is 6.25. The van der Waals surface area contributed by atoms with Crippen LogP contribution in [0.2, 0.25) is 0 Å². The summed E-state index contributed by atoms with van der Waals surface area (Å²) in [6, 6.07) is 0.401. The van der Waals surface area contributed by atoms with Gasteiger partial charge in [-0.2, -0.15) is 13.2 Å². The largest absolute Gasteiger partial charge is 0.391 e. The van der Waals surface area contributed by atoms with E-state index in [2.05, 4.69) is 5.32 Å². The summed E-state index contributed by atoms with van der Waals surface area (Å²) in [6.45, 7) is 0. The van der Waals surface area contributed by atoms with Gasteiger partial charge >= 0.3 is 6.18 Å². The molecule has 0 saturated heterocycles. The molecule has 0 amide bonds. The van der Waals surface area contributed by atoms with E-state index in [0.29, 0.717) is 25.0 Å². The lowest BCUT2D eigenvalue weighted by Gasteiger charge is -2.31. The van der Waals surface area contributed by atoms with Crippen molar-refractivity contribution in [2.45, 2.75) is 37.9 Å². The van der Waals surface area contributed by atoms with Gasteiger partial charge in [0.25, 0.3) is 0 Å². The molecular weight excluding hydrogens is 284 g/mol. The molecule has 1 fully saturated rings. The predicted octanol–water partition coefficient (Wildman–Crippen LogP) is 4.64. The Morgan fingerprint density at radius 1 is 0.950 bits per heavy atom. The topological polar surface area (TPSA) is 12.0 Å². The minimum absolute atomic E-state index is 0.0436. The number of benzene rings is 1. The number of rotatable bonds is 2. The Morgan fingerprint density at radius 3 is 2.25 bits per heavy atom. The quantitative estimate of drug-likeness (QED) is 0.619. The molecule has 1 N–H and O–H groups in total. The molecule has 1 nitrogen and oxygen atoms in total. The van der Waals surface area contributed by atoms with Crippen LogP contribution < -0.4 is 5.32 Å². The molecular formula is C13H13F6N. The molecule has 0 heterocycles. The van der Waals surface area contributed by atoms with E-state index in [4.69, 9.17) is 0 Å². The zero-order chi connectivity index (χ0) is 14.9. The van der Waals surface area contributed by atoms with Crippen molar-refractivity contribution in [3.05, 3.63) is 29.6 Å². The second-order valence-corrected chi connectivity index (χ2v) is 4.99. The van der Waals surface area contributed by atoms with E-state index in [1.54, 1.807) is 0 Å². The summed E-state index contributed by atoms with van der Waals surface area (Å²) in [5, 5.41) is 2.54. The molecule has 0 radical (unpaired) electrons. The van der Waals surface area contributed by atoms with Crippen LogP contribution in [0.1, 0.15) is 25.7 Å². The van der Waals surface area contributed by atoms with E-state index in [1.165, 1.54) is 0 Å². The first-order chi connectivity index (χ1) is 9.27. The first-order valence-electron chi connectivity index (χ1n) is 6.25. The number of hydrogen-bond acceptors (Lipinski definition) is 1. The van der Waals surface area contributed by atoms with Crippen molar-refractivity contribution in [3.63, 3.8) is 0 Å². The van der Waals surface area contributed by atoms with Gasteiger partial charge in [-0.25, -0.2) is 13.2 Å². The average Bonchev–Trinajstić information content (AvgIpc) is 2.35. The molecule has 1 aromatic carbocycles. The molecule has 0 aliphatic heterocycles. The summed E-state index contributed by atoms with van der Waals surface area (Å²) in [5.74, 6) is -5.03. The van der Waals surface area contributed by atoms with Gasteiger partial charge in [0.1, 0.15) is 5.82 Å². The van der Waals surface area contributed by atoms with E-state index >= 15 is 0 Å². The smallest absolute Gasteiger partial charge is 0.380 e. The second-order valence-electron chi connectivity index (χ2n) is 4.99. The third-order valence-electron chi connectivity index (χ3n) is 3.51. The van der Waals surface area contributed by atoms with Crippen LogP contribution in [0.3, 0.4) is 0 Å². The van der Waals surface area contributed by atoms with Gasteiger partial charge in [0.05, 0.1) is 11.6 Å². The van der Waals surface area contributed by atoms with Crippen molar-refractivity contribution in [2.75, 3.05) is 5.32 Å². The Kier molecular flexibility index (Phi) is 4.15. The molecule has 7 heteroatoms. The lowest BCUT2D eigenvalue weighted by Crippen LogP contribution is -2.34. The Balaban J connectivity index is 2.08. The van der Waals surface area contributed by atoms with Crippen molar-refractivity contribution in [1.29, 1.82) is 0 Å². The molecule has 0 aromatic heterocycles. The minimum atomic E-state index is -4.28. The molecule has 0 bridgehead atoms. The molecule has 1 aliphatic carbocycles. The first kappa shape index (κ1) is 15.0. The van der Waals surface area contributed by atoms with Gasteiger partial charge in [-0.15, -0.1) is 0 Å². The van der Waals surface area contributed by atoms with Crippen LogP contribution in [0, 0.1) is 23.4 Å². The fraction of sp³-hybridized carbons (Fsp3) is 0.538. The number of alkyl halides is 3. The van der Waals surface area contributed by atoms with Crippen LogP contribution in [0.4, 0.5) is 32.0 Å². The molecule has 2 atom stereocenters. The minimum Gasteiger partial charge on any atom is -0.380 e. The Labute approximate surface area is 112 Å². The fourth-order valence-corrected chi connectivity index (χ4v) is 2.47. The van der Waals surface area contributed by atoms with Gasteiger partial charge in [-0.3, -0.25) is 0 Å². The van der Waals surface area contributed by atoms with Gasteiger partial charge in [-0.05, 0) is 19.3 Å². The Hall–Kier alpha value is -1.40. The molecule has 2 rings (SSSR count). The van der Waals surface area contributed by atoms with Crippen molar-refractivity contribution in [2.24, 2.45) is 5.92 Å². The molecule has 1 saturated carbocycles. The monoisotopic (exact) mass is 297 g/mol. The van der Waals surface area contributed by atoms with Crippen molar-refractivity contribution < 1.29 is 26.3 Å². The van der Waals surface area contributed by atoms with Crippen molar-refractivity contribution >= 4 is 5.69 Å². The highest BCUT2D eigenvalue weighted by Crippen LogP contribution is 2.38. The van der Waals surface area contributed by atoms with Crippen LogP contribution in [-0.2, 0) is 0 Å². The SMILES string of the molecule is Fc1cc(F)c(NC2CCCC(C(F)(F)F)C2)cc1F.